The monoisotopic (exact) mass is 336 g/mol. The molecule has 1 aliphatic carbocycles. The zero-order valence-corrected chi connectivity index (χ0v) is 14.3. The maximum atomic E-state index is 12.6. The van der Waals surface area contributed by atoms with E-state index in [0.717, 1.165) is 17.7 Å². The van der Waals surface area contributed by atoms with E-state index in [4.69, 9.17) is 5.11 Å². The molecule has 2 heterocycles. The highest BCUT2D eigenvalue weighted by Gasteiger charge is 2.47. The molecular formula is C18H28N2O4. The van der Waals surface area contributed by atoms with Gasteiger partial charge in [-0.15, -0.1) is 0 Å². The number of amides is 3. The lowest BCUT2D eigenvalue weighted by Gasteiger charge is -2.43. The number of β-lactam (4-membered cyclic amide) rings is 1. The lowest BCUT2D eigenvalue weighted by molar-refractivity contribution is -0.158. The first-order chi connectivity index (χ1) is 11.6. The van der Waals surface area contributed by atoms with Gasteiger partial charge in [0.25, 0.3) is 0 Å². The zero-order chi connectivity index (χ0) is 17.1. The minimum absolute atomic E-state index is 0.0546. The summed E-state index contributed by atoms with van der Waals surface area (Å²) in [4.78, 5) is 38.1. The van der Waals surface area contributed by atoms with Crippen LogP contribution in [0.3, 0.4) is 0 Å². The molecule has 6 heteroatoms. The number of nitrogens with zero attached hydrogens (tertiary/aromatic N) is 2. The molecule has 0 bridgehead atoms. The number of carboxylic acids is 1. The van der Waals surface area contributed by atoms with Crippen LogP contribution in [0.5, 0.6) is 0 Å². The fraction of sp³-hybridized carbons (Fsp3) is 0.833. The van der Waals surface area contributed by atoms with Crippen molar-refractivity contribution in [2.75, 3.05) is 13.1 Å². The number of urea groups is 1. The molecule has 3 amide bonds. The van der Waals surface area contributed by atoms with E-state index >= 15 is 0 Å². The Morgan fingerprint density at radius 1 is 0.917 bits per heavy atom. The van der Waals surface area contributed by atoms with Gasteiger partial charge in [-0.05, 0) is 24.7 Å². The Labute approximate surface area is 143 Å². The van der Waals surface area contributed by atoms with E-state index in [1.807, 2.05) is 0 Å². The van der Waals surface area contributed by atoms with Crippen LogP contribution in [0, 0.1) is 11.8 Å². The Balaban J connectivity index is 1.61. The third kappa shape index (κ3) is 3.57. The summed E-state index contributed by atoms with van der Waals surface area (Å²) in [6, 6.07) is -1.36. The van der Waals surface area contributed by atoms with Gasteiger partial charge in [0.05, 0.1) is 6.42 Å². The van der Waals surface area contributed by atoms with Gasteiger partial charge in [-0.25, -0.2) is 14.5 Å². The van der Waals surface area contributed by atoms with Crippen LogP contribution in [-0.2, 0) is 9.59 Å². The number of carbonyl (C=O) groups excluding carboxylic acids is 2. The van der Waals surface area contributed by atoms with Crippen molar-refractivity contribution in [1.29, 1.82) is 0 Å². The number of imide groups is 1. The fourth-order valence-corrected chi connectivity index (χ4v) is 4.53. The molecule has 6 nitrogen and oxygen atoms in total. The zero-order valence-electron chi connectivity index (χ0n) is 14.3. The summed E-state index contributed by atoms with van der Waals surface area (Å²) in [6.45, 7) is 1.32. The molecule has 2 atom stereocenters. The summed E-state index contributed by atoms with van der Waals surface area (Å²) in [6.07, 6.45) is 11.1. The third-order valence-corrected chi connectivity index (χ3v) is 5.98. The first-order valence-electron chi connectivity index (χ1n) is 9.41. The van der Waals surface area contributed by atoms with Crippen molar-refractivity contribution in [1.82, 2.24) is 9.80 Å². The Morgan fingerprint density at radius 3 is 2.17 bits per heavy atom. The van der Waals surface area contributed by atoms with Gasteiger partial charge in [0.2, 0.25) is 5.91 Å². The topological polar surface area (TPSA) is 77.9 Å². The molecule has 2 unspecified atom stereocenters. The van der Waals surface area contributed by atoms with Crippen molar-refractivity contribution in [3.05, 3.63) is 0 Å². The highest BCUT2D eigenvalue weighted by Crippen LogP contribution is 2.34. The van der Waals surface area contributed by atoms with Crippen LogP contribution in [-0.4, -0.2) is 51.9 Å². The maximum Gasteiger partial charge on any atom is 0.327 e. The van der Waals surface area contributed by atoms with E-state index in [2.05, 4.69) is 0 Å². The van der Waals surface area contributed by atoms with E-state index in [-0.39, 0.29) is 12.3 Å². The van der Waals surface area contributed by atoms with Gasteiger partial charge in [0.1, 0.15) is 6.04 Å². The highest BCUT2D eigenvalue weighted by atomic mass is 16.4. The van der Waals surface area contributed by atoms with E-state index in [9.17, 15) is 14.4 Å². The Bertz CT molecular complexity index is 499. The normalized spacial score (nSPS) is 29.6. The summed E-state index contributed by atoms with van der Waals surface area (Å²) >= 11 is 0. The van der Waals surface area contributed by atoms with Crippen molar-refractivity contribution >= 4 is 17.9 Å². The quantitative estimate of drug-likeness (QED) is 0.787. The molecule has 3 rings (SSSR count). The predicted molar refractivity (Wildman–Crippen MR) is 88.4 cm³/mol. The standard InChI is InChI=1S/C18H28N2O4/c21-16-11-15(17(22)23)20(16)18(24)19-10-6-9-14(12-19)13-7-4-2-1-3-5-8-13/h13-15H,1-12H2,(H,22,23). The minimum atomic E-state index is -1.09. The molecule has 1 N–H and O–H groups in total. The summed E-state index contributed by atoms with van der Waals surface area (Å²) in [5.41, 5.74) is 0. The number of piperidine rings is 1. The van der Waals surface area contributed by atoms with E-state index in [1.54, 1.807) is 4.90 Å². The molecule has 3 aliphatic rings. The second kappa shape index (κ2) is 7.53. The van der Waals surface area contributed by atoms with E-state index in [0.29, 0.717) is 24.9 Å². The predicted octanol–water partition coefficient (Wildman–Crippen LogP) is 2.86. The lowest BCUT2D eigenvalue weighted by Crippen LogP contribution is -2.63. The first-order valence-corrected chi connectivity index (χ1v) is 9.41. The van der Waals surface area contributed by atoms with Gasteiger partial charge < -0.3 is 10.0 Å². The SMILES string of the molecule is O=C(O)C1CC(=O)N1C(=O)N1CCCC(C2CCCCCCC2)C1. The van der Waals surface area contributed by atoms with Crippen LogP contribution < -0.4 is 0 Å². The average molecular weight is 336 g/mol. The van der Waals surface area contributed by atoms with Gasteiger partial charge >= 0.3 is 12.0 Å². The summed E-state index contributed by atoms with van der Waals surface area (Å²) in [5, 5.41) is 9.12. The molecule has 0 radical (unpaired) electrons. The van der Waals surface area contributed by atoms with E-state index < -0.39 is 18.0 Å². The van der Waals surface area contributed by atoms with Crippen LogP contribution in [0.4, 0.5) is 4.79 Å². The molecule has 2 aliphatic heterocycles. The number of carboxylic acid groups (broad SMARTS) is 1. The molecule has 134 valence electrons. The smallest absolute Gasteiger partial charge is 0.327 e. The number of carbonyl (C=O) groups is 3. The summed E-state index contributed by atoms with van der Waals surface area (Å²) in [7, 11) is 0. The van der Waals surface area contributed by atoms with Crippen LogP contribution >= 0.6 is 0 Å². The second-order valence-corrected chi connectivity index (χ2v) is 7.56. The minimum Gasteiger partial charge on any atom is -0.480 e. The van der Waals surface area contributed by atoms with Crippen molar-refractivity contribution in [3.63, 3.8) is 0 Å². The molecule has 0 aromatic heterocycles. The third-order valence-electron chi connectivity index (χ3n) is 5.98. The molecule has 0 aromatic rings. The fourth-order valence-electron chi connectivity index (χ4n) is 4.53. The Kier molecular flexibility index (Phi) is 5.41. The van der Waals surface area contributed by atoms with E-state index in [1.165, 1.54) is 44.9 Å². The Hall–Kier alpha value is -1.59. The molecule has 0 spiro atoms. The number of hydrogen-bond donors (Lipinski definition) is 1. The van der Waals surface area contributed by atoms with Crippen LogP contribution in [0.25, 0.3) is 0 Å². The van der Waals surface area contributed by atoms with Gasteiger partial charge in [0, 0.05) is 13.1 Å². The number of rotatable bonds is 2. The maximum absolute atomic E-state index is 12.6. The van der Waals surface area contributed by atoms with Crippen molar-refractivity contribution in [2.45, 2.75) is 70.3 Å². The van der Waals surface area contributed by atoms with Crippen molar-refractivity contribution < 1.29 is 19.5 Å². The van der Waals surface area contributed by atoms with Gasteiger partial charge in [-0.2, -0.15) is 0 Å². The van der Waals surface area contributed by atoms with Crippen molar-refractivity contribution in [3.8, 4) is 0 Å². The molecule has 3 fully saturated rings. The molecule has 1 saturated carbocycles. The van der Waals surface area contributed by atoms with Gasteiger partial charge in [0.15, 0.2) is 0 Å². The average Bonchev–Trinajstić information content (AvgIpc) is 2.52. The van der Waals surface area contributed by atoms with Crippen LogP contribution in [0.1, 0.15) is 64.2 Å². The number of aliphatic carboxylic acids is 1. The van der Waals surface area contributed by atoms with Gasteiger partial charge in [-0.3, -0.25) is 4.79 Å². The molecule has 24 heavy (non-hydrogen) atoms. The highest BCUT2D eigenvalue weighted by molar-refractivity contribution is 6.05. The first kappa shape index (κ1) is 17.2. The lowest BCUT2D eigenvalue weighted by atomic mass is 9.78. The number of likely N-dealkylation sites (tertiary alicyclic amines) is 2. The van der Waals surface area contributed by atoms with Crippen molar-refractivity contribution in [2.24, 2.45) is 11.8 Å². The summed E-state index contributed by atoms with van der Waals surface area (Å²) < 4.78 is 0. The van der Waals surface area contributed by atoms with Crippen LogP contribution in [0.15, 0.2) is 0 Å². The largest absolute Gasteiger partial charge is 0.480 e. The van der Waals surface area contributed by atoms with Crippen LogP contribution in [0.2, 0.25) is 0 Å². The Morgan fingerprint density at radius 2 is 1.54 bits per heavy atom. The van der Waals surface area contributed by atoms with Gasteiger partial charge in [-0.1, -0.05) is 44.9 Å². The molecule has 0 aromatic carbocycles. The number of hydrogen-bond acceptors (Lipinski definition) is 3. The second-order valence-electron chi connectivity index (χ2n) is 7.56. The molecular weight excluding hydrogens is 308 g/mol. The molecule has 2 saturated heterocycles. The summed E-state index contributed by atoms with van der Waals surface area (Å²) in [5.74, 6) is -0.277.